The minimum absolute atomic E-state index is 0.0481. The lowest BCUT2D eigenvalue weighted by Crippen LogP contribution is -2.42. The Balaban J connectivity index is 1.00. The number of piperidine rings is 2. The number of hydrogen-bond donors (Lipinski definition) is 2. The van der Waals surface area contributed by atoms with E-state index in [1.807, 2.05) is 0 Å². The fourth-order valence-electron chi connectivity index (χ4n) is 6.40. The SMILES string of the molecule is O=C(NCCC1CCN(OC(=O)C(=O)ON2CCC(CCNC(=O)OC3CCCCC3)CC2)CC1)OC1CCCCC1. The van der Waals surface area contributed by atoms with Crippen LogP contribution in [0.2, 0.25) is 0 Å². The van der Waals surface area contributed by atoms with E-state index in [0.717, 1.165) is 89.9 Å². The van der Waals surface area contributed by atoms with Gasteiger partial charge in [-0.2, -0.15) is 0 Å². The highest BCUT2D eigenvalue weighted by Crippen LogP contribution is 2.23. The van der Waals surface area contributed by atoms with E-state index in [1.165, 1.54) is 23.0 Å². The van der Waals surface area contributed by atoms with Crippen LogP contribution in [0.15, 0.2) is 0 Å². The van der Waals surface area contributed by atoms with E-state index < -0.39 is 11.9 Å². The van der Waals surface area contributed by atoms with Gasteiger partial charge in [0.15, 0.2) is 0 Å². The van der Waals surface area contributed by atoms with Crippen molar-refractivity contribution in [2.24, 2.45) is 11.8 Å². The van der Waals surface area contributed by atoms with Crippen molar-refractivity contribution in [1.29, 1.82) is 0 Å². The van der Waals surface area contributed by atoms with Gasteiger partial charge < -0.3 is 29.8 Å². The topological polar surface area (TPSA) is 136 Å². The zero-order valence-electron chi connectivity index (χ0n) is 25.0. The average Bonchev–Trinajstić information content (AvgIpc) is 3.00. The molecular weight excluding hydrogens is 544 g/mol. The van der Waals surface area contributed by atoms with Crippen LogP contribution in [0.4, 0.5) is 9.59 Å². The molecule has 4 aliphatic rings. The normalized spacial score (nSPS) is 22.2. The third-order valence-corrected chi connectivity index (χ3v) is 9.03. The lowest BCUT2D eigenvalue weighted by atomic mass is 9.94. The first-order valence-corrected chi connectivity index (χ1v) is 16.3. The molecule has 0 atom stereocenters. The molecule has 2 amide bonds. The Bertz CT molecular complexity index is 791. The van der Waals surface area contributed by atoms with E-state index in [4.69, 9.17) is 19.1 Å². The number of rotatable bonds is 10. The molecule has 0 aromatic rings. The lowest BCUT2D eigenvalue weighted by molar-refractivity contribution is -0.223. The van der Waals surface area contributed by atoms with E-state index >= 15 is 0 Å². The average molecular weight is 595 g/mol. The fraction of sp³-hybridized carbons (Fsp3) is 0.867. The highest BCUT2D eigenvalue weighted by Gasteiger charge is 2.29. The standard InChI is InChI=1S/C30H50N4O8/c35-27(41-33-19-13-23(14-20-33)11-17-31-29(37)39-25-7-3-1-4-8-25)28(36)42-34-21-15-24(16-22-34)12-18-32-30(38)40-26-9-5-2-6-10-26/h23-26H,1-22H2,(H,31,37)(H,32,38). The molecule has 238 valence electrons. The molecule has 2 N–H and O–H groups in total. The molecule has 0 radical (unpaired) electrons. The first kappa shape index (κ1) is 32.3. The summed E-state index contributed by atoms with van der Waals surface area (Å²) in [5.41, 5.74) is 0. The molecule has 0 unspecified atom stereocenters. The highest BCUT2D eigenvalue weighted by atomic mass is 16.8. The molecule has 0 aromatic carbocycles. The summed E-state index contributed by atoms with van der Waals surface area (Å²) in [5, 5.41) is 8.75. The Kier molecular flexibility index (Phi) is 13.5. The second-order valence-electron chi connectivity index (χ2n) is 12.3. The van der Waals surface area contributed by atoms with Gasteiger partial charge in [-0.05, 0) is 102 Å². The van der Waals surface area contributed by atoms with Crippen LogP contribution in [-0.2, 0) is 28.7 Å². The summed E-state index contributed by atoms with van der Waals surface area (Å²) in [4.78, 5) is 59.2. The van der Waals surface area contributed by atoms with Crippen LogP contribution in [0.25, 0.3) is 0 Å². The Morgan fingerprint density at radius 3 is 1.24 bits per heavy atom. The molecule has 2 saturated carbocycles. The summed E-state index contributed by atoms with van der Waals surface area (Å²) in [6.45, 7) is 3.24. The van der Waals surface area contributed by atoms with E-state index in [-0.39, 0.29) is 24.4 Å². The van der Waals surface area contributed by atoms with Crippen LogP contribution in [0.5, 0.6) is 0 Å². The van der Waals surface area contributed by atoms with Gasteiger partial charge in [-0.3, -0.25) is 0 Å². The number of hydroxylamine groups is 4. The largest absolute Gasteiger partial charge is 0.446 e. The molecule has 2 aliphatic carbocycles. The monoisotopic (exact) mass is 594 g/mol. The van der Waals surface area contributed by atoms with Crippen molar-refractivity contribution in [3.8, 4) is 0 Å². The number of carbonyl (C=O) groups is 4. The van der Waals surface area contributed by atoms with Crippen molar-refractivity contribution in [2.45, 2.75) is 115 Å². The molecule has 0 bridgehead atoms. The smallest absolute Gasteiger partial charge is 0.438 e. The predicted octanol–water partition coefficient (Wildman–Crippen LogP) is 4.22. The molecule has 12 heteroatoms. The van der Waals surface area contributed by atoms with Crippen LogP contribution in [0.3, 0.4) is 0 Å². The van der Waals surface area contributed by atoms with E-state index in [2.05, 4.69) is 10.6 Å². The van der Waals surface area contributed by atoms with Crippen LogP contribution >= 0.6 is 0 Å². The van der Waals surface area contributed by atoms with Gasteiger partial charge in [-0.15, -0.1) is 10.1 Å². The Morgan fingerprint density at radius 2 is 0.881 bits per heavy atom. The summed E-state index contributed by atoms with van der Waals surface area (Å²) >= 11 is 0. The Morgan fingerprint density at radius 1 is 0.524 bits per heavy atom. The van der Waals surface area contributed by atoms with Crippen molar-refractivity contribution in [2.75, 3.05) is 39.3 Å². The third kappa shape index (κ3) is 11.6. The van der Waals surface area contributed by atoms with Gasteiger partial charge in [0.2, 0.25) is 0 Å². The second-order valence-corrected chi connectivity index (χ2v) is 12.3. The third-order valence-electron chi connectivity index (χ3n) is 9.03. The number of nitrogens with one attached hydrogen (secondary N) is 2. The van der Waals surface area contributed by atoms with Gasteiger partial charge in [0.05, 0.1) is 0 Å². The molecule has 0 spiro atoms. The van der Waals surface area contributed by atoms with Crippen molar-refractivity contribution >= 4 is 24.1 Å². The fourth-order valence-corrected chi connectivity index (χ4v) is 6.40. The maximum atomic E-state index is 12.3. The number of hydrogen-bond acceptors (Lipinski definition) is 10. The van der Waals surface area contributed by atoms with Gasteiger partial charge in [0, 0.05) is 39.3 Å². The van der Waals surface area contributed by atoms with Crippen molar-refractivity contribution in [3.63, 3.8) is 0 Å². The molecular formula is C30H50N4O8. The molecule has 42 heavy (non-hydrogen) atoms. The summed E-state index contributed by atoms with van der Waals surface area (Å²) in [6, 6.07) is 0. The molecule has 12 nitrogen and oxygen atoms in total. The van der Waals surface area contributed by atoms with Gasteiger partial charge in [0.1, 0.15) is 12.2 Å². The molecule has 2 saturated heterocycles. The van der Waals surface area contributed by atoms with E-state index in [0.29, 0.717) is 51.1 Å². The Labute approximate surface area is 249 Å². The molecule has 2 heterocycles. The maximum absolute atomic E-state index is 12.3. The molecule has 0 aromatic heterocycles. The number of carbonyl (C=O) groups excluding carboxylic acids is 4. The number of amides is 2. The zero-order valence-corrected chi connectivity index (χ0v) is 25.0. The second kappa shape index (κ2) is 17.5. The first-order chi connectivity index (χ1) is 20.4. The summed E-state index contributed by atoms with van der Waals surface area (Å²) in [5.74, 6) is -1.21. The predicted molar refractivity (Wildman–Crippen MR) is 153 cm³/mol. The van der Waals surface area contributed by atoms with E-state index in [1.54, 1.807) is 0 Å². The first-order valence-electron chi connectivity index (χ1n) is 16.3. The molecule has 4 rings (SSSR count). The van der Waals surface area contributed by atoms with Crippen LogP contribution in [0.1, 0.15) is 103 Å². The van der Waals surface area contributed by atoms with Gasteiger partial charge in [-0.25, -0.2) is 19.2 Å². The lowest BCUT2D eigenvalue weighted by Gasteiger charge is -2.31. The van der Waals surface area contributed by atoms with Crippen molar-refractivity contribution < 1.29 is 38.3 Å². The number of nitrogens with zero attached hydrogens (tertiary/aromatic N) is 2. The van der Waals surface area contributed by atoms with Crippen molar-refractivity contribution in [3.05, 3.63) is 0 Å². The van der Waals surface area contributed by atoms with Crippen LogP contribution < -0.4 is 10.6 Å². The quantitative estimate of drug-likeness (QED) is 0.354. The number of alkyl carbamates (subject to hydrolysis) is 2. The summed E-state index contributed by atoms with van der Waals surface area (Å²) < 4.78 is 11.0. The molecule has 4 fully saturated rings. The summed E-state index contributed by atoms with van der Waals surface area (Å²) in [6.07, 6.45) is 15.1. The summed E-state index contributed by atoms with van der Waals surface area (Å²) in [7, 11) is 0. The number of ether oxygens (including phenoxy) is 2. The van der Waals surface area contributed by atoms with Gasteiger partial charge >= 0.3 is 24.1 Å². The minimum Gasteiger partial charge on any atom is -0.446 e. The van der Waals surface area contributed by atoms with E-state index in [9.17, 15) is 19.2 Å². The van der Waals surface area contributed by atoms with Gasteiger partial charge in [-0.1, -0.05) is 12.8 Å². The van der Waals surface area contributed by atoms with Crippen LogP contribution in [-0.4, -0.2) is 85.7 Å². The van der Waals surface area contributed by atoms with Gasteiger partial charge in [0.25, 0.3) is 0 Å². The maximum Gasteiger partial charge on any atom is 0.438 e. The minimum atomic E-state index is -1.01. The zero-order chi connectivity index (χ0) is 29.6. The van der Waals surface area contributed by atoms with Crippen LogP contribution in [0, 0.1) is 11.8 Å². The highest BCUT2D eigenvalue weighted by molar-refractivity contribution is 6.29. The van der Waals surface area contributed by atoms with Crippen molar-refractivity contribution in [1.82, 2.24) is 20.8 Å². The Hall–Kier alpha value is -2.60. The molecule has 2 aliphatic heterocycles.